The lowest BCUT2D eigenvalue weighted by atomic mass is 10.1. The van der Waals surface area contributed by atoms with Gasteiger partial charge in [0.25, 0.3) is 0 Å². The van der Waals surface area contributed by atoms with Crippen LogP contribution in [0.5, 0.6) is 5.88 Å². The van der Waals surface area contributed by atoms with Gasteiger partial charge in [-0.3, -0.25) is 0 Å². The first-order valence-electron chi connectivity index (χ1n) is 7.75. The Morgan fingerprint density at radius 1 is 1.20 bits per heavy atom. The Balaban J connectivity index is 2.17. The smallest absolute Gasteiger partial charge is 0.222 e. The normalized spacial score (nSPS) is 16.8. The van der Waals surface area contributed by atoms with Gasteiger partial charge in [0.15, 0.2) is 0 Å². The predicted molar refractivity (Wildman–Crippen MR) is 80.7 cm³/mol. The van der Waals surface area contributed by atoms with Crippen LogP contribution in [0.3, 0.4) is 0 Å². The number of hydrogen-bond acceptors (Lipinski definition) is 5. The zero-order chi connectivity index (χ0) is 14.4. The molecule has 0 spiro atoms. The minimum atomic E-state index is 0.284. The molecule has 5 heteroatoms. The lowest BCUT2D eigenvalue weighted by molar-refractivity contribution is 0.174. The number of nitrogens with one attached hydrogen (secondary N) is 1. The Morgan fingerprint density at radius 2 is 1.90 bits per heavy atom. The molecule has 0 unspecified atom stereocenters. The van der Waals surface area contributed by atoms with Crippen molar-refractivity contribution >= 4 is 5.82 Å². The predicted octanol–water partition coefficient (Wildman–Crippen LogP) is 3.12. The maximum atomic E-state index is 6.15. The molecule has 112 valence electrons. The van der Waals surface area contributed by atoms with Crippen molar-refractivity contribution in [2.75, 3.05) is 5.43 Å². The van der Waals surface area contributed by atoms with E-state index in [-0.39, 0.29) is 6.10 Å². The fourth-order valence-corrected chi connectivity index (χ4v) is 2.65. The fourth-order valence-electron chi connectivity index (χ4n) is 2.65. The molecular formula is C15H26N4O. The first-order valence-corrected chi connectivity index (χ1v) is 7.75. The van der Waals surface area contributed by atoms with Crippen LogP contribution < -0.4 is 16.0 Å². The number of aryl methyl sites for hydroxylation is 1. The summed E-state index contributed by atoms with van der Waals surface area (Å²) in [5.41, 5.74) is 3.55. The van der Waals surface area contributed by atoms with E-state index in [9.17, 15) is 0 Å². The van der Waals surface area contributed by atoms with Crippen LogP contribution in [0.1, 0.15) is 63.3 Å². The summed E-state index contributed by atoms with van der Waals surface area (Å²) in [4.78, 5) is 8.99. The van der Waals surface area contributed by atoms with Gasteiger partial charge in [0.05, 0.1) is 5.56 Å². The van der Waals surface area contributed by atoms with E-state index in [1.54, 1.807) is 0 Å². The molecule has 0 aliphatic heterocycles. The van der Waals surface area contributed by atoms with Crippen molar-refractivity contribution in [3.05, 3.63) is 11.4 Å². The van der Waals surface area contributed by atoms with Crippen LogP contribution in [-0.2, 0) is 6.42 Å². The first kappa shape index (κ1) is 15.0. The zero-order valence-electron chi connectivity index (χ0n) is 12.6. The monoisotopic (exact) mass is 278 g/mol. The average Bonchev–Trinajstić information content (AvgIpc) is 2.71. The van der Waals surface area contributed by atoms with Crippen LogP contribution in [0, 0.1) is 6.92 Å². The molecular weight excluding hydrogens is 252 g/mol. The summed E-state index contributed by atoms with van der Waals surface area (Å²) in [7, 11) is 0. The largest absolute Gasteiger partial charge is 0.474 e. The van der Waals surface area contributed by atoms with Crippen LogP contribution in [0.15, 0.2) is 0 Å². The second kappa shape index (κ2) is 7.43. The third-order valence-corrected chi connectivity index (χ3v) is 3.84. The van der Waals surface area contributed by atoms with Crippen LogP contribution in [-0.4, -0.2) is 16.1 Å². The topological polar surface area (TPSA) is 73.1 Å². The van der Waals surface area contributed by atoms with Crippen LogP contribution >= 0.6 is 0 Å². The summed E-state index contributed by atoms with van der Waals surface area (Å²) in [5, 5.41) is 0. The number of anilines is 1. The second-order valence-electron chi connectivity index (χ2n) is 5.54. The summed E-state index contributed by atoms with van der Waals surface area (Å²) < 4.78 is 6.15. The van der Waals surface area contributed by atoms with E-state index < -0.39 is 0 Å². The molecule has 0 bridgehead atoms. The number of ether oxygens (including phenoxy) is 1. The van der Waals surface area contributed by atoms with Gasteiger partial charge in [-0.2, -0.15) is 4.98 Å². The molecule has 3 N–H and O–H groups in total. The van der Waals surface area contributed by atoms with Gasteiger partial charge < -0.3 is 10.2 Å². The van der Waals surface area contributed by atoms with Crippen molar-refractivity contribution in [3.63, 3.8) is 0 Å². The highest BCUT2D eigenvalue weighted by Crippen LogP contribution is 2.26. The number of rotatable bonds is 5. The Morgan fingerprint density at radius 3 is 2.50 bits per heavy atom. The number of hydrogen-bond donors (Lipinski definition) is 2. The van der Waals surface area contributed by atoms with E-state index >= 15 is 0 Å². The van der Waals surface area contributed by atoms with Crippen LogP contribution in [0.4, 0.5) is 5.82 Å². The van der Waals surface area contributed by atoms with E-state index in [4.69, 9.17) is 10.6 Å². The Labute approximate surface area is 121 Å². The molecule has 0 aromatic carbocycles. The minimum absolute atomic E-state index is 0.284. The molecule has 1 fully saturated rings. The highest BCUT2D eigenvalue weighted by Gasteiger charge is 2.18. The number of nitrogens with zero attached hydrogens (tertiary/aromatic N) is 2. The fraction of sp³-hybridized carbons (Fsp3) is 0.733. The van der Waals surface area contributed by atoms with Gasteiger partial charge in [-0.15, -0.1) is 0 Å². The van der Waals surface area contributed by atoms with Crippen molar-refractivity contribution in [2.45, 2.75) is 71.3 Å². The first-order chi connectivity index (χ1) is 9.74. The number of nitrogen functional groups attached to an aromatic ring is 1. The van der Waals surface area contributed by atoms with Crippen LogP contribution in [0.2, 0.25) is 0 Å². The molecule has 1 aromatic rings. The zero-order valence-corrected chi connectivity index (χ0v) is 12.6. The number of hydrazine groups is 1. The maximum absolute atomic E-state index is 6.15. The van der Waals surface area contributed by atoms with Gasteiger partial charge in [0.2, 0.25) is 5.88 Å². The van der Waals surface area contributed by atoms with Gasteiger partial charge in [-0.05, 0) is 39.0 Å². The molecule has 2 rings (SSSR count). The molecule has 0 atom stereocenters. The standard InChI is InChI=1S/C15H26N4O/c1-3-8-13-17-14(19-16)11(2)15(18-13)20-12-9-6-4-5-7-10-12/h12H,3-10,16H2,1-2H3,(H,17,18,19). The molecule has 5 nitrogen and oxygen atoms in total. The van der Waals surface area contributed by atoms with Crippen LogP contribution in [0.25, 0.3) is 0 Å². The Kier molecular flexibility index (Phi) is 5.59. The molecule has 1 aliphatic carbocycles. The Bertz CT molecular complexity index is 428. The van der Waals surface area contributed by atoms with Crippen molar-refractivity contribution in [3.8, 4) is 5.88 Å². The van der Waals surface area contributed by atoms with Crippen molar-refractivity contribution in [1.82, 2.24) is 9.97 Å². The Hall–Kier alpha value is -1.36. The third-order valence-electron chi connectivity index (χ3n) is 3.84. The summed E-state index contributed by atoms with van der Waals surface area (Å²) >= 11 is 0. The molecule has 1 saturated carbocycles. The van der Waals surface area contributed by atoms with Gasteiger partial charge in [0, 0.05) is 6.42 Å². The molecule has 0 saturated heterocycles. The maximum Gasteiger partial charge on any atom is 0.222 e. The van der Waals surface area contributed by atoms with Gasteiger partial charge in [-0.1, -0.05) is 19.8 Å². The SMILES string of the molecule is CCCc1nc(NN)c(C)c(OC2CCCCCC2)n1. The van der Waals surface area contributed by atoms with E-state index in [2.05, 4.69) is 22.3 Å². The molecule has 0 amide bonds. The van der Waals surface area contributed by atoms with Crippen molar-refractivity contribution < 1.29 is 4.74 Å². The lowest BCUT2D eigenvalue weighted by Gasteiger charge is -2.19. The van der Waals surface area contributed by atoms with E-state index in [1.807, 2.05) is 6.92 Å². The third kappa shape index (κ3) is 3.82. The summed E-state index contributed by atoms with van der Waals surface area (Å²) in [6.45, 7) is 4.07. The van der Waals surface area contributed by atoms with E-state index in [0.717, 1.165) is 37.1 Å². The highest BCUT2D eigenvalue weighted by molar-refractivity contribution is 5.47. The quantitative estimate of drug-likeness (QED) is 0.492. The summed E-state index contributed by atoms with van der Waals surface area (Å²) in [6, 6.07) is 0. The van der Waals surface area contributed by atoms with Gasteiger partial charge >= 0.3 is 0 Å². The molecule has 1 aromatic heterocycles. The number of nitrogens with two attached hydrogens (primary N) is 1. The molecule has 0 radical (unpaired) electrons. The van der Waals surface area contributed by atoms with Crippen molar-refractivity contribution in [2.24, 2.45) is 5.84 Å². The van der Waals surface area contributed by atoms with Crippen molar-refractivity contribution in [1.29, 1.82) is 0 Å². The van der Waals surface area contributed by atoms with E-state index in [1.165, 1.54) is 25.7 Å². The lowest BCUT2D eigenvalue weighted by Crippen LogP contribution is -2.19. The highest BCUT2D eigenvalue weighted by atomic mass is 16.5. The summed E-state index contributed by atoms with van der Waals surface area (Å²) in [5.74, 6) is 7.72. The molecule has 20 heavy (non-hydrogen) atoms. The average molecular weight is 278 g/mol. The van der Waals surface area contributed by atoms with Gasteiger partial charge in [0.1, 0.15) is 17.7 Å². The number of aromatic nitrogens is 2. The van der Waals surface area contributed by atoms with E-state index in [0.29, 0.717) is 11.7 Å². The second-order valence-corrected chi connectivity index (χ2v) is 5.54. The molecule has 1 aliphatic rings. The van der Waals surface area contributed by atoms with Gasteiger partial charge in [-0.25, -0.2) is 10.8 Å². The summed E-state index contributed by atoms with van der Waals surface area (Å²) in [6.07, 6.45) is 9.52. The minimum Gasteiger partial charge on any atom is -0.474 e. The molecule has 1 heterocycles.